The largest absolute Gasteiger partial charge is 0.394 e. The van der Waals surface area contributed by atoms with Crippen molar-refractivity contribution in [3.05, 3.63) is 85.1 Å². The van der Waals surface area contributed by atoms with Crippen LogP contribution in [0, 0.1) is 0 Å². The molecule has 1 heterocycles. The molecule has 0 spiro atoms. The quantitative estimate of drug-likeness (QED) is 0.0271. The van der Waals surface area contributed by atoms with E-state index in [1.807, 2.05) is 6.08 Å². The fourth-order valence-corrected chi connectivity index (χ4v) is 6.53. The fourth-order valence-electron chi connectivity index (χ4n) is 6.53. The van der Waals surface area contributed by atoms with E-state index >= 15 is 0 Å². The molecular formula is C49H83NO8. The molecule has 9 heteroatoms. The van der Waals surface area contributed by atoms with Gasteiger partial charge in [-0.2, -0.15) is 0 Å². The predicted octanol–water partition coefficient (Wildman–Crippen LogP) is 9.55. The van der Waals surface area contributed by atoms with Crippen molar-refractivity contribution in [2.45, 2.75) is 204 Å². The summed E-state index contributed by atoms with van der Waals surface area (Å²) >= 11 is 0. The van der Waals surface area contributed by atoms with Gasteiger partial charge in [-0.15, -0.1) is 0 Å². The lowest BCUT2D eigenvalue weighted by Gasteiger charge is -2.40. The SMILES string of the molecule is CC/C=C\C/C=C\C/C=C\C/C=C\CCCCCCC(=O)NC(COC1OC(CO)C(O)C(O)C1O)C(O)/C=C/CC/C=C/CC/C=C/CCCCCCCCCC. The van der Waals surface area contributed by atoms with Crippen molar-refractivity contribution in [3.63, 3.8) is 0 Å². The van der Waals surface area contributed by atoms with E-state index in [4.69, 9.17) is 9.47 Å². The van der Waals surface area contributed by atoms with Crippen molar-refractivity contribution < 1.29 is 39.8 Å². The van der Waals surface area contributed by atoms with Crippen LogP contribution in [-0.4, -0.2) is 87.5 Å². The molecule has 9 nitrogen and oxygen atoms in total. The minimum Gasteiger partial charge on any atom is -0.394 e. The number of hydrogen-bond acceptors (Lipinski definition) is 8. The molecule has 0 aromatic heterocycles. The van der Waals surface area contributed by atoms with Crippen LogP contribution in [0.25, 0.3) is 0 Å². The molecular weight excluding hydrogens is 731 g/mol. The van der Waals surface area contributed by atoms with E-state index in [-0.39, 0.29) is 12.5 Å². The van der Waals surface area contributed by atoms with Crippen molar-refractivity contribution in [3.8, 4) is 0 Å². The zero-order valence-electron chi connectivity index (χ0n) is 36.3. The average molecular weight is 814 g/mol. The Bertz CT molecular complexity index is 1180. The van der Waals surface area contributed by atoms with E-state index < -0.39 is 49.5 Å². The van der Waals surface area contributed by atoms with E-state index in [9.17, 15) is 30.3 Å². The highest BCUT2D eigenvalue weighted by molar-refractivity contribution is 5.76. The number of ether oxygens (including phenoxy) is 2. The Morgan fingerprint density at radius 3 is 1.66 bits per heavy atom. The third-order valence-electron chi connectivity index (χ3n) is 10.2. The summed E-state index contributed by atoms with van der Waals surface area (Å²) in [5, 5.41) is 54.1. The van der Waals surface area contributed by atoms with Crippen LogP contribution in [0.1, 0.15) is 162 Å². The number of unbranched alkanes of at least 4 members (excludes halogenated alkanes) is 14. The third-order valence-corrected chi connectivity index (χ3v) is 10.2. The van der Waals surface area contributed by atoms with Crippen molar-refractivity contribution in [1.29, 1.82) is 0 Å². The zero-order valence-corrected chi connectivity index (χ0v) is 36.3. The van der Waals surface area contributed by atoms with E-state index in [0.717, 1.165) is 83.5 Å². The minimum atomic E-state index is -1.58. The molecule has 1 amide bonds. The van der Waals surface area contributed by atoms with Gasteiger partial charge in [0.15, 0.2) is 6.29 Å². The summed E-state index contributed by atoms with van der Waals surface area (Å²) in [6.45, 7) is 3.60. The summed E-state index contributed by atoms with van der Waals surface area (Å²) in [5.41, 5.74) is 0. The molecule has 0 aliphatic carbocycles. The number of rotatable bonds is 36. The van der Waals surface area contributed by atoms with Gasteiger partial charge in [0.1, 0.15) is 24.4 Å². The van der Waals surface area contributed by atoms with Gasteiger partial charge in [-0.25, -0.2) is 0 Å². The Morgan fingerprint density at radius 1 is 0.603 bits per heavy atom. The molecule has 0 saturated carbocycles. The molecule has 1 aliphatic heterocycles. The lowest BCUT2D eigenvalue weighted by atomic mass is 9.99. The van der Waals surface area contributed by atoms with Gasteiger partial charge in [0.05, 0.1) is 25.4 Å². The molecule has 7 unspecified atom stereocenters. The molecule has 7 atom stereocenters. The maximum absolute atomic E-state index is 12.9. The zero-order chi connectivity index (χ0) is 42.3. The van der Waals surface area contributed by atoms with Crippen molar-refractivity contribution in [2.75, 3.05) is 13.2 Å². The fraction of sp³-hybridized carbons (Fsp3) is 0.694. The van der Waals surface area contributed by atoms with Gasteiger partial charge in [-0.3, -0.25) is 4.79 Å². The second-order valence-corrected chi connectivity index (χ2v) is 15.4. The summed E-state index contributed by atoms with van der Waals surface area (Å²) in [6, 6.07) is -0.845. The van der Waals surface area contributed by atoms with Gasteiger partial charge in [-0.05, 0) is 83.5 Å². The molecule has 1 rings (SSSR count). The number of hydrogen-bond donors (Lipinski definition) is 6. The predicted molar refractivity (Wildman–Crippen MR) is 239 cm³/mol. The van der Waals surface area contributed by atoms with Crippen LogP contribution in [-0.2, 0) is 14.3 Å². The molecule has 1 saturated heterocycles. The highest BCUT2D eigenvalue weighted by Gasteiger charge is 2.44. The maximum atomic E-state index is 12.9. The lowest BCUT2D eigenvalue weighted by Crippen LogP contribution is -2.60. The number of amides is 1. The molecule has 58 heavy (non-hydrogen) atoms. The maximum Gasteiger partial charge on any atom is 0.220 e. The second kappa shape index (κ2) is 38.6. The van der Waals surface area contributed by atoms with Crippen molar-refractivity contribution >= 4 is 5.91 Å². The van der Waals surface area contributed by atoms with Crippen LogP contribution >= 0.6 is 0 Å². The van der Waals surface area contributed by atoms with Crippen molar-refractivity contribution in [1.82, 2.24) is 5.32 Å². The summed E-state index contributed by atoms with van der Waals surface area (Å²) in [6.07, 6.45) is 46.2. The van der Waals surface area contributed by atoms with Gasteiger partial charge in [0, 0.05) is 6.42 Å². The summed E-state index contributed by atoms with van der Waals surface area (Å²) in [5.74, 6) is -0.219. The molecule has 1 aliphatic rings. The second-order valence-electron chi connectivity index (χ2n) is 15.4. The Kier molecular flexibility index (Phi) is 35.5. The summed E-state index contributed by atoms with van der Waals surface area (Å²) in [4.78, 5) is 12.9. The minimum absolute atomic E-state index is 0.219. The van der Waals surface area contributed by atoms with Gasteiger partial charge in [0.25, 0.3) is 0 Å². The van der Waals surface area contributed by atoms with E-state index in [2.05, 4.69) is 92.1 Å². The van der Waals surface area contributed by atoms with E-state index in [1.54, 1.807) is 6.08 Å². The highest BCUT2D eigenvalue weighted by Crippen LogP contribution is 2.22. The first kappa shape index (κ1) is 53.4. The normalized spacial score (nSPS) is 21.7. The molecule has 332 valence electrons. The first-order valence-corrected chi connectivity index (χ1v) is 22.8. The Hall–Kier alpha value is -2.63. The smallest absolute Gasteiger partial charge is 0.220 e. The molecule has 6 N–H and O–H groups in total. The first-order chi connectivity index (χ1) is 28.3. The molecule has 0 aromatic carbocycles. The van der Waals surface area contributed by atoms with Gasteiger partial charge < -0.3 is 40.3 Å². The Balaban J connectivity index is 2.44. The first-order valence-electron chi connectivity index (χ1n) is 22.8. The van der Waals surface area contributed by atoms with E-state index in [1.165, 1.54) is 51.4 Å². The van der Waals surface area contributed by atoms with Crippen molar-refractivity contribution in [2.24, 2.45) is 0 Å². The molecule has 0 radical (unpaired) electrons. The van der Waals surface area contributed by atoms with Gasteiger partial charge >= 0.3 is 0 Å². The van der Waals surface area contributed by atoms with Crippen LogP contribution in [0.15, 0.2) is 85.1 Å². The number of aliphatic hydroxyl groups excluding tert-OH is 5. The van der Waals surface area contributed by atoms with Gasteiger partial charge in [-0.1, -0.05) is 157 Å². The topological polar surface area (TPSA) is 149 Å². The van der Waals surface area contributed by atoms with Crippen LogP contribution in [0.4, 0.5) is 0 Å². The average Bonchev–Trinajstić information content (AvgIpc) is 3.22. The third kappa shape index (κ3) is 28.7. The van der Waals surface area contributed by atoms with Gasteiger partial charge in [0.2, 0.25) is 5.91 Å². The summed E-state index contributed by atoms with van der Waals surface area (Å²) in [7, 11) is 0. The highest BCUT2D eigenvalue weighted by atomic mass is 16.7. The molecule has 0 bridgehead atoms. The number of aliphatic hydroxyl groups is 5. The standard InChI is InChI=1S/C49H83NO8/c1-3-5-7-9-11-13-15-17-19-21-23-24-26-28-30-32-34-36-38-43(52)42(41-57-49-48(56)47(55)46(54)44(40-51)58-49)50-45(53)39-37-35-33-31-29-27-25-22-20-18-16-14-12-10-8-6-4-2/h6,8,12,14,18,20-21,23,25,27-28,30,36,38,42-44,46-49,51-52,54-56H,3-5,7,9-11,13,15-17,19,22,24,26,29,31-35,37,39-41H2,1-2H3,(H,50,53)/b8-6-,14-12-,20-18-,23-21+,27-25-,30-28+,38-36+. The Morgan fingerprint density at radius 2 is 1.09 bits per heavy atom. The molecule has 0 aromatic rings. The lowest BCUT2D eigenvalue weighted by molar-refractivity contribution is -0.302. The number of carbonyl (C=O) groups is 1. The molecule has 1 fully saturated rings. The van der Waals surface area contributed by atoms with Crippen LogP contribution in [0.3, 0.4) is 0 Å². The number of carbonyl (C=O) groups excluding carboxylic acids is 1. The van der Waals surface area contributed by atoms with E-state index in [0.29, 0.717) is 12.8 Å². The monoisotopic (exact) mass is 814 g/mol. The van der Waals surface area contributed by atoms with Crippen LogP contribution in [0.5, 0.6) is 0 Å². The van der Waals surface area contributed by atoms with Crippen LogP contribution in [0.2, 0.25) is 0 Å². The number of allylic oxidation sites excluding steroid dienone is 13. The van der Waals surface area contributed by atoms with Crippen LogP contribution < -0.4 is 5.32 Å². The number of nitrogens with one attached hydrogen (secondary N) is 1. The Labute approximate surface area is 352 Å². The summed E-state index contributed by atoms with van der Waals surface area (Å²) < 4.78 is 11.2.